The van der Waals surface area contributed by atoms with E-state index in [1.165, 1.54) is 29.1 Å². The Balaban J connectivity index is 1.97. The van der Waals surface area contributed by atoms with Crippen LogP contribution in [0.1, 0.15) is 6.42 Å². The minimum Gasteiger partial charge on any atom is -0.326 e. The average molecular weight is 295 g/mol. The van der Waals surface area contributed by atoms with Gasteiger partial charge in [-0.15, -0.1) is 5.10 Å². The summed E-state index contributed by atoms with van der Waals surface area (Å²) < 4.78 is 23.9. The molecule has 0 fully saturated rings. The van der Waals surface area contributed by atoms with Crippen molar-refractivity contribution in [3.05, 3.63) is 36.7 Å². The van der Waals surface area contributed by atoms with Gasteiger partial charge in [-0.2, -0.15) is 0 Å². The highest BCUT2D eigenvalue weighted by molar-refractivity contribution is 7.89. The van der Waals surface area contributed by atoms with Crippen molar-refractivity contribution >= 4 is 21.6 Å². The standard InChI is InChI=1S/C11H13N5O3S/c12-20(18,19)10-3-1-2-9(8-10)14-11(17)4-6-16-7-5-13-15-16/h1-3,5,7-8H,4,6H2,(H,14,17)(H2,12,18,19). The lowest BCUT2D eigenvalue weighted by Crippen LogP contribution is -2.16. The highest BCUT2D eigenvalue weighted by atomic mass is 32.2. The molecule has 1 aromatic carbocycles. The molecule has 1 aromatic heterocycles. The third-order valence-electron chi connectivity index (χ3n) is 2.49. The van der Waals surface area contributed by atoms with Gasteiger partial charge in [-0.3, -0.25) is 9.48 Å². The van der Waals surface area contributed by atoms with Gasteiger partial charge >= 0.3 is 0 Å². The second-order valence-corrected chi connectivity index (χ2v) is 5.60. The van der Waals surface area contributed by atoms with Crippen LogP contribution >= 0.6 is 0 Å². The van der Waals surface area contributed by atoms with Crippen LogP contribution in [0.2, 0.25) is 0 Å². The first-order valence-corrected chi connectivity index (χ1v) is 7.26. The lowest BCUT2D eigenvalue weighted by atomic mass is 10.3. The zero-order valence-electron chi connectivity index (χ0n) is 10.4. The van der Waals surface area contributed by atoms with Crippen molar-refractivity contribution in [1.82, 2.24) is 15.0 Å². The molecule has 0 unspecified atom stereocenters. The molecule has 9 heteroatoms. The molecule has 0 atom stereocenters. The predicted molar refractivity (Wildman–Crippen MR) is 71.1 cm³/mol. The van der Waals surface area contributed by atoms with Crippen LogP contribution in [0.25, 0.3) is 0 Å². The summed E-state index contributed by atoms with van der Waals surface area (Å²) in [4.78, 5) is 11.7. The van der Waals surface area contributed by atoms with Gasteiger partial charge in [-0.25, -0.2) is 13.6 Å². The predicted octanol–water partition coefficient (Wildman–Crippen LogP) is -0.0457. The quantitative estimate of drug-likeness (QED) is 0.801. The van der Waals surface area contributed by atoms with Crippen molar-refractivity contribution in [2.75, 3.05) is 5.32 Å². The van der Waals surface area contributed by atoms with Crippen LogP contribution in [0, 0.1) is 0 Å². The first-order chi connectivity index (χ1) is 9.45. The zero-order chi connectivity index (χ0) is 14.6. The number of aryl methyl sites for hydroxylation is 1. The summed E-state index contributed by atoms with van der Waals surface area (Å²) in [6.45, 7) is 0.390. The van der Waals surface area contributed by atoms with E-state index in [1.54, 1.807) is 12.3 Å². The van der Waals surface area contributed by atoms with E-state index in [9.17, 15) is 13.2 Å². The number of benzene rings is 1. The fraction of sp³-hybridized carbons (Fsp3) is 0.182. The minimum absolute atomic E-state index is 0.0495. The lowest BCUT2D eigenvalue weighted by Gasteiger charge is -2.06. The van der Waals surface area contributed by atoms with E-state index in [0.717, 1.165) is 0 Å². The summed E-state index contributed by atoms with van der Waals surface area (Å²) in [6.07, 6.45) is 3.37. The number of carbonyl (C=O) groups is 1. The zero-order valence-corrected chi connectivity index (χ0v) is 11.2. The van der Waals surface area contributed by atoms with Gasteiger partial charge in [0.25, 0.3) is 0 Å². The van der Waals surface area contributed by atoms with Crippen LogP contribution in [0.15, 0.2) is 41.6 Å². The molecule has 0 saturated carbocycles. The van der Waals surface area contributed by atoms with Crippen molar-refractivity contribution in [2.24, 2.45) is 5.14 Å². The van der Waals surface area contributed by atoms with Gasteiger partial charge in [-0.1, -0.05) is 11.3 Å². The molecule has 20 heavy (non-hydrogen) atoms. The summed E-state index contributed by atoms with van der Waals surface area (Å²) in [5.41, 5.74) is 0.375. The van der Waals surface area contributed by atoms with Crippen molar-refractivity contribution < 1.29 is 13.2 Å². The fourth-order valence-electron chi connectivity index (χ4n) is 1.54. The summed E-state index contributed by atoms with van der Waals surface area (Å²) in [6, 6.07) is 5.76. The number of nitrogens with one attached hydrogen (secondary N) is 1. The maximum Gasteiger partial charge on any atom is 0.238 e. The number of primary sulfonamides is 1. The second-order valence-electron chi connectivity index (χ2n) is 4.04. The van der Waals surface area contributed by atoms with Gasteiger partial charge in [0, 0.05) is 18.3 Å². The summed E-state index contributed by atoms with van der Waals surface area (Å²) in [5.74, 6) is -0.257. The van der Waals surface area contributed by atoms with Gasteiger partial charge in [0.15, 0.2) is 0 Å². The van der Waals surface area contributed by atoms with Gasteiger partial charge in [0.1, 0.15) is 0 Å². The number of hydrogen-bond acceptors (Lipinski definition) is 5. The largest absolute Gasteiger partial charge is 0.326 e. The van der Waals surface area contributed by atoms with E-state index in [0.29, 0.717) is 12.2 Å². The Morgan fingerprint density at radius 3 is 2.85 bits per heavy atom. The van der Waals surface area contributed by atoms with Crippen molar-refractivity contribution in [2.45, 2.75) is 17.9 Å². The second kappa shape index (κ2) is 5.80. The molecule has 1 amide bonds. The van der Waals surface area contributed by atoms with Crippen LogP contribution in [0.5, 0.6) is 0 Å². The highest BCUT2D eigenvalue weighted by Crippen LogP contribution is 2.14. The molecule has 0 aliphatic heterocycles. The molecular formula is C11H13N5O3S. The maximum absolute atomic E-state index is 11.7. The third-order valence-corrected chi connectivity index (χ3v) is 3.40. The molecule has 0 radical (unpaired) electrons. The lowest BCUT2D eigenvalue weighted by molar-refractivity contribution is -0.116. The molecule has 2 rings (SSSR count). The Kier molecular flexibility index (Phi) is 4.11. The van der Waals surface area contributed by atoms with Gasteiger partial charge < -0.3 is 5.32 Å². The molecule has 0 aliphatic rings. The number of amides is 1. The molecule has 2 aromatic rings. The molecule has 3 N–H and O–H groups in total. The Bertz CT molecular complexity index is 697. The molecule has 8 nitrogen and oxygen atoms in total. The Hall–Kier alpha value is -2.26. The minimum atomic E-state index is -3.78. The van der Waals surface area contributed by atoms with Gasteiger partial charge in [-0.05, 0) is 18.2 Å². The average Bonchev–Trinajstić information content (AvgIpc) is 2.89. The Morgan fingerprint density at radius 2 is 2.20 bits per heavy atom. The van der Waals surface area contributed by atoms with Crippen LogP contribution in [0.4, 0.5) is 5.69 Å². The Morgan fingerprint density at radius 1 is 1.40 bits per heavy atom. The number of aromatic nitrogens is 3. The molecule has 0 spiro atoms. The molecule has 1 heterocycles. The van der Waals surface area contributed by atoms with E-state index >= 15 is 0 Å². The molecule has 0 aliphatic carbocycles. The molecule has 0 bridgehead atoms. The number of sulfonamides is 1. The first kappa shape index (κ1) is 14.2. The number of rotatable bonds is 5. The SMILES string of the molecule is NS(=O)(=O)c1cccc(NC(=O)CCn2ccnn2)c1. The van der Waals surface area contributed by atoms with Crippen molar-refractivity contribution in [3.63, 3.8) is 0 Å². The number of carbonyl (C=O) groups excluding carboxylic acids is 1. The number of hydrogen-bond donors (Lipinski definition) is 2. The van der Waals surface area contributed by atoms with E-state index < -0.39 is 10.0 Å². The van der Waals surface area contributed by atoms with E-state index in [1.807, 2.05) is 0 Å². The molecule has 0 saturated heterocycles. The van der Waals surface area contributed by atoms with Gasteiger partial charge in [0.05, 0.1) is 17.6 Å². The molecule has 106 valence electrons. The summed E-state index contributed by atoms with van der Waals surface area (Å²) in [7, 11) is -3.78. The van der Waals surface area contributed by atoms with Crippen LogP contribution < -0.4 is 10.5 Å². The van der Waals surface area contributed by atoms with Crippen molar-refractivity contribution in [1.29, 1.82) is 0 Å². The fourth-order valence-corrected chi connectivity index (χ4v) is 2.10. The van der Waals surface area contributed by atoms with E-state index in [2.05, 4.69) is 15.6 Å². The van der Waals surface area contributed by atoms with Gasteiger partial charge in [0.2, 0.25) is 15.9 Å². The number of nitrogens with two attached hydrogens (primary N) is 1. The topological polar surface area (TPSA) is 120 Å². The number of nitrogens with zero attached hydrogens (tertiary/aromatic N) is 3. The number of anilines is 1. The van der Waals surface area contributed by atoms with Crippen LogP contribution in [-0.4, -0.2) is 29.3 Å². The summed E-state index contributed by atoms with van der Waals surface area (Å²) in [5, 5.41) is 15.0. The van der Waals surface area contributed by atoms with E-state index in [4.69, 9.17) is 5.14 Å². The molecular weight excluding hydrogens is 282 g/mol. The first-order valence-electron chi connectivity index (χ1n) is 5.72. The summed E-state index contributed by atoms with van der Waals surface area (Å²) >= 11 is 0. The van der Waals surface area contributed by atoms with Crippen LogP contribution in [0.3, 0.4) is 0 Å². The maximum atomic E-state index is 11.7. The normalized spacial score (nSPS) is 11.2. The smallest absolute Gasteiger partial charge is 0.238 e. The Labute approximate surface area is 115 Å². The highest BCUT2D eigenvalue weighted by Gasteiger charge is 2.09. The van der Waals surface area contributed by atoms with Crippen LogP contribution in [-0.2, 0) is 21.4 Å². The van der Waals surface area contributed by atoms with Crippen molar-refractivity contribution in [3.8, 4) is 0 Å². The third kappa shape index (κ3) is 3.87. The monoisotopic (exact) mass is 295 g/mol. The van der Waals surface area contributed by atoms with E-state index in [-0.39, 0.29) is 17.2 Å².